The molecule has 1 spiro atoms. The summed E-state index contributed by atoms with van der Waals surface area (Å²) in [5, 5.41) is 3.40. The van der Waals surface area contributed by atoms with Crippen molar-refractivity contribution in [1.82, 2.24) is 0 Å². The monoisotopic (exact) mass is 217 g/mol. The molecular formula is C13H15NO2. The van der Waals surface area contributed by atoms with Gasteiger partial charge in [0.2, 0.25) is 0 Å². The fourth-order valence-corrected chi connectivity index (χ4v) is 2.62. The van der Waals surface area contributed by atoms with Crippen LogP contribution in [0.1, 0.15) is 42.5 Å². The number of anilines is 1. The minimum Gasteiger partial charge on any atom is -0.435 e. The Morgan fingerprint density at radius 3 is 2.69 bits per heavy atom. The standard InChI is InChI=1S/C13H15NO2/c15-12-10-6-2-3-7-11(10)14-13(16-12)8-4-1-5-9-13/h2-3,6-7,14H,1,4-5,8-9H2. The van der Waals surface area contributed by atoms with E-state index in [9.17, 15) is 4.79 Å². The van der Waals surface area contributed by atoms with Gasteiger partial charge in [-0.1, -0.05) is 18.6 Å². The molecule has 0 amide bonds. The highest BCUT2D eigenvalue weighted by Crippen LogP contribution is 2.37. The summed E-state index contributed by atoms with van der Waals surface area (Å²) < 4.78 is 5.59. The zero-order valence-corrected chi connectivity index (χ0v) is 9.16. The first-order valence-electron chi connectivity index (χ1n) is 5.90. The Hall–Kier alpha value is -1.51. The zero-order valence-electron chi connectivity index (χ0n) is 9.16. The largest absolute Gasteiger partial charge is 0.435 e. The Balaban J connectivity index is 1.96. The summed E-state index contributed by atoms with van der Waals surface area (Å²) in [5.41, 5.74) is 1.14. The van der Waals surface area contributed by atoms with Crippen LogP contribution in [0.3, 0.4) is 0 Å². The molecule has 1 aromatic rings. The van der Waals surface area contributed by atoms with Crippen molar-refractivity contribution in [2.45, 2.75) is 37.8 Å². The van der Waals surface area contributed by atoms with E-state index in [1.165, 1.54) is 6.42 Å². The van der Waals surface area contributed by atoms with Crippen molar-refractivity contribution in [3.63, 3.8) is 0 Å². The number of para-hydroxylation sites is 1. The van der Waals surface area contributed by atoms with Gasteiger partial charge in [-0.25, -0.2) is 4.79 Å². The first-order valence-corrected chi connectivity index (χ1v) is 5.90. The molecule has 0 atom stereocenters. The Kier molecular flexibility index (Phi) is 2.13. The molecule has 3 rings (SSSR count). The summed E-state index contributed by atoms with van der Waals surface area (Å²) >= 11 is 0. The van der Waals surface area contributed by atoms with Crippen LogP contribution in [0.2, 0.25) is 0 Å². The molecule has 0 aromatic heterocycles. The molecule has 1 aliphatic heterocycles. The Bertz CT molecular complexity index is 422. The summed E-state index contributed by atoms with van der Waals surface area (Å²) in [6.45, 7) is 0. The third-order valence-corrected chi connectivity index (χ3v) is 3.46. The lowest BCUT2D eigenvalue weighted by atomic mass is 9.90. The Morgan fingerprint density at radius 2 is 1.88 bits per heavy atom. The molecule has 0 saturated heterocycles. The molecule has 16 heavy (non-hydrogen) atoms. The first kappa shape index (κ1) is 9.70. The van der Waals surface area contributed by atoms with Gasteiger partial charge in [0.15, 0.2) is 5.72 Å². The van der Waals surface area contributed by atoms with E-state index in [0.29, 0.717) is 5.56 Å². The number of nitrogens with one attached hydrogen (secondary N) is 1. The third kappa shape index (κ3) is 1.47. The number of carbonyl (C=O) groups excluding carboxylic acids is 1. The van der Waals surface area contributed by atoms with Gasteiger partial charge >= 0.3 is 5.97 Å². The number of hydrogen-bond donors (Lipinski definition) is 1. The van der Waals surface area contributed by atoms with E-state index in [4.69, 9.17) is 4.74 Å². The molecule has 0 unspecified atom stereocenters. The number of carbonyl (C=O) groups is 1. The maximum Gasteiger partial charge on any atom is 0.342 e. The number of ether oxygens (including phenoxy) is 1. The SMILES string of the molecule is O=C1OC2(CCCCC2)Nc2ccccc21. The van der Waals surface area contributed by atoms with Crippen LogP contribution in [0.4, 0.5) is 5.69 Å². The molecule has 0 bridgehead atoms. The number of rotatable bonds is 0. The molecule has 2 aliphatic rings. The summed E-state index contributed by atoms with van der Waals surface area (Å²) in [6.07, 6.45) is 5.34. The minimum atomic E-state index is -0.427. The van der Waals surface area contributed by atoms with Gasteiger partial charge in [-0.2, -0.15) is 0 Å². The molecule has 1 N–H and O–H groups in total. The lowest BCUT2D eigenvalue weighted by Gasteiger charge is -2.41. The van der Waals surface area contributed by atoms with Gasteiger partial charge < -0.3 is 10.1 Å². The van der Waals surface area contributed by atoms with E-state index in [-0.39, 0.29) is 5.97 Å². The lowest BCUT2D eigenvalue weighted by Crippen LogP contribution is -2.47. The molecule has 1 aliphatic carbocycles. The Morgan fingerprint density at radius 1 is 1.12 bits per heavy atom. The highest BCUT2D eigenvalue weighted by atomic mass is 16.6. The van der Waals surface area contributed by atoms with Gasteiger partial charge in [-0.05, 0) is 25.0 Å². The summed E-state index contributed by atoms with van der Waals surface area (Å²) in [5.74, 6) is -0.184. The van der Waals surface area contributed by atoms with E-state index < -0.39 is 5.72 Å². The highest BCUT2D eigenvalue weighted by molar-refractivity contribution is 5.97. The molecule has 3 heteroatoms. The van der Waals surface area contributed by atoms with E-state index in [1.54, 1.807) is 6.07 Å². The van der Waals surface area contributed by atoms with E-state index in [1.807, 2.05) is 18.2 Å². The van der Waals surface area contributed by atoms with Crippen molar-refractivity contribution in [2.24, 2.45) is 0 Å². The number of esters is 1. The molecule has 1 aromatic carbocycles. The molecule has 1 saturated carbocycles. The zero-order chi connectivity index (χ0) is 11.0. The molecule has 1 heterocycles. The van der Waals surface area contributed by atoms with Gasteiger partial charge in [-0.3, -0.25) is 0 Å². The van der Waals surface area contributed by atoms with Crippen molar-refractivity contribution < 1.29 is 9.53 Å². The molecule has 0 radical (unpaired) electrons. The summed E-state index contributed by atoms with van der Waals surface area (Å²) in [6, 6.07) is 7.56. The topological polar surface area (TPSA) is 38.3 Å². The number of fused-ring (bicyclic) bond motifs is 1. The smallest absolute Gasteiger partial charge is 0.342 e. The van der Waals surface area contributed by atoms with Crippen molar-refractivity contribution in [2.75, 3.05) is 5.32 Å². The van der Waals surface area contributed by atoms with E-state index >= 15 is 0 Å². The van der Waals surface area contributed by atoms with E-state index in [2.05, 4.69) is 5.32 Å². The molecule has 84 valence electrons. The average Bonchev–Trinajstić information content (AvgIpc) is 2.30. The van der Waals surface area contributed by atoms with Crippen molar-refractivity contribution in [3.8, 4) is 0 Å². The van der Waals surface area contributed by atoms with Gasteiger partial charge in [0.25, 0.3) is 0 Å². The number of benzene rings is 1. The maximum atomic E-state index is 11.9. The summed E-state index contributed by atoms with van der Waals surface area (Å²) in [7, 11) is 0. The van der Waals surface area contributed by atoms with E-state index in [0.717, 1.165) is 31.4 Å². The van der Waals surface area contributed by atoms with Gasteiger partial charge in [0.1, 0.15) is 0 Å². The number of hydrogen-bond acceptors (Lipinski definition) is 3. The average molecular weight is 217 g/mol. The van der Waals surface area contributed by atoms with Crippen LogP contribution in [0.15, 0.2) is 24.3 Å². The fraction of sp³-hybridized carbons (Fsp3) is 0.462. The van der Waals surface area contributed by atoms with Crippen molar-refractivity contribution in [1.29, 1.82) is 0 Å². The highest BCUT2D eigenvalue weighted by Gasteiger charge is 2.40. The lowest BCUT2D eigenvalue weighted by molar-refractivity contribution is -0.0255. The van der Waals surface area contributed by atoms with Crippen molar-refractivity contribution >= 4 is 11.7 Å². The predicted molar refractivity (Wildman–Crippen MR) is 61.3 cm³/mol. The van der Waals surface area contributed by atoms with Crippen LogP contribution in [0, 0.1) is 0 Å². The van der Waals surface area contributed by atoms with Gasteiger partial charge in [0.05, 0.1) is 11.3 Å². The fourth-order valence-electron chi connectivity index (χ4n) is 2.62. The minimum absolute atomic E-state index is 0.184. The van der Waals surface area contributed by atoms with Crippen LogP contribution < -0.4 is 5.32 Å². The second-order valence-electron chi connectivity index (χ2n) is 4.62. The first-order chi connectivity index (χ1) is 7.79. The third-order valence-electron chi connectivity index (χ3n) is 3.46. The van der Waals surface area contributed by atoms with Crippen molar-refractivity contribution in [3.05, 3.63) is 29.8 Å². The Labute approximate surface area is 94.8 Å². The normalized spacial score (nSPS) is 22.1. The van der Waals surface area contributed by atoms with Gasteiger partial charge in [0, 0.05) is 12.8 Å². The molecule has 1 fully saturated rings. The van der Waals surface area contributed by atoms with Crippen LogP contribution in [0.25, 0.3) is 0 Å². The second-order valence-corrected chi connectivity index (χ2v) is 4.62. The molecular weight excluding hydrogens is 202 g/mol. The van der Waals surface area contributed by atoms with Crippen LogP contribution >= 0.6 is 0 Å². The van der Waals surface area contributed by atoms with Gasteiger partial charge in [-0.15, -0.1) is 0 Å². The van der Waals surface area contributed by atoms with Crippen LogP contribution in [0.5, 0.6) is 0 Å². The maximum absolute atomic E-state index is 11.9. The summed E-state index contributed by atoms with van der Waals surface area (Å²) in [4.78, 5) is 11.9. The second kappa shape index (κ2) is 3.51. The quantitative estimate of drug-likeness (QED) is 0.679. The molecule has 3 nitrogen and oxygen atoms in total. The van der Waals surface area contributed by atoms with Crippen LogP contribution in [-0.2, 0) is 4.74 Å². The predicted octanol–water partition coefficient (Wildman–Crippen LogP) is 2.93. The van der Waals surface area contributed by atoms with Crippen LogP contribution in [-0.4, -0.2) is 11.7 Å².